The molecule has 2 nitrogen and oxygen atoms in total. The molecule has 1 atom stereocenters. The van der Waals surface area contributed by atoms with Crippen LogP contribution in [0.2, 0.25) is 0 Å². The number of ether oxygens (including phenoxy) is 1. The van der Waals surface area contributed by atoms with Crippen molar-refractivity contribution in [3.05, 3.63) is 50.6 Å². The molecule has 4 heteroatoms. The molecule has 0 bridgehead atoms. The summed E-state index contributed by atoms with van der Waals surface area (Å²) in [4.78, 5) is 1.36. The van der Waals surface area contributed by atoms with E-state index in [0.29, 0.717) is 6.04 Å². The maximum absolute atomic E-state index is 5.23. The van der Waals surface area contributed by atoms with Gasteiger partial charge in [0.2, 0.25) is 0 Å². The Bertz CT molecular complexity index is 499. The lowest BCUT2D eigenvalue weighted by molar-refractivity contribution is 0.411. The molecule has 1 N–H and O–H groups in total. The van der Waals surface area contributed by atoms with E-state index in [9.17, 15) is 0 Å². The minimum atomic E-state index is 0.314. The number of thiophene rings is 1. The van der Waals surface area contributed by atoms with E-state index in [0.717, 1.165) is 16.8 Å². The normalized spacial score (nSPS) is 12.4. The van der Waals surface area contributed by atoms with E-state index in [1.54, 1.807) is 18.4 Å². The summed E-state index contributed by atoms with van der Waals surface area (Å²) in [6.45, 7) is 3.07. The van der Waals surface area contributed by atoms with Crippen molar-refractivity contribution in [2.45, 2.75) is 19.5 Å². The fourth-order valence-electron chi connectivity index (χ4n) is 1.74. The second-order valence-corrected chi connectivity index (χ2v) is 5.96. The summed E-state index contributed by atoms with van der Waals surface area (Å²) in [5, 5.41) is 5.62. The summed E-state index contributed by atoms with van der Waals surface area (Å²) in [6.07, 6.45) is 0. The van der Waals surface area contributed by atoms with Gasteiger partial charge in [0.05, 0.1) is 11.6 Å². The van der Waals surface area contributed by atoms with Crippen LogP contribution in [0.1, 0.15) is 23.4 Å². The zero-order valence-corrected chi connectivity index (χ0v) is 12.8. The van der Waals surface area contributed by atoms with Crippen LogP contribution in [0.3, 0.4) is 0 Å². The molecular formula is C14H16BrNOS. The van der Waals surface area contributed by atoms with E-state index in [-0.39, 0.29) is 0 Å². The van der Waals surface area contributed by atoms with E-state index >= 15 is 0 Å². The second-order valence-electron chi connectivity index (χ2n) is 4.08. The molecule has 1 aromatic heterocycles. The van der Waals surface area contributed by atoms with E-state index < -0.39 is 0 Å². The molecule has 0 spiro atoms. The summed E-state index contributed by atoms with van der Waals surface area (Å²) < 4.78 is 6.23. The molecule has 0 amide bonds. The van der Waals surface area contributed by atoms with Gasteiger partial charge in [-0.05, 0) is 52.0 Å². The predicted octanol–water partition coefficient (Wildman–Crippen LogP) is 4.37. The lowest BCUT2D eigenvalue weighted by Gasteiger charge is -2.15. The highest BCUT2D eigenvalue weighted by molar-refractivity contribution is 9.10. The Morgan fingerprint density at radius 3 is 2.83 bits per heavy atom. The Morgan fingerprint density at radius 1 is 1.39 bits per heavy atom. The van der Waals surface area contributed by atoms with Crippen molar-refractivity contribution in [2.24, 2.45) is 0 Å². The maximum Gasteiger partial charge on any atom is 0.133 e. The van der Waals surface area contributed by atoms with Crippen LogP contribution >= 0.6 is 27.3 Å². The van der Waals surface area contributed by atoms with Gasteiger partial charge in [-0.15, -0.1) is 11.3 Å². The fourth-order valence-corrected chi connectivity index (χ4v) is 2.95. The van der Waals surface area contributed by atoms with Crippen LogP contribution in [0, 0.1) is 0 Å². The van der Waals surface area contributed by atoms with Crippen LogP contribution in [-0.4, -0.2) is 7.11 Å². The van der Waals surface area contributed by atoms with Gasteiger partial charge in [-0.2, -0.15) is 0 Å². The van der Waals surface area contributed by atoms with E-state index in [2.05, 4.69) is 57.8 Å². The van der Waals surface area contributed by atoms with Gasteiger partial charge in [-0.3, -0.25) is 0 Å². The summed E-state index contributed by atoms with van der Waals surface area (Å²) in [5.41, 5.74) is 1.25. The van der Waals surface area contributed by atoms with Crippen molar-refractivity contribution in [1.29, 1.82) is 0 Å². The van der Waals surface area contributed by atoms with Crippen molar-refractivity contribution in [1.82, 2.24) is 5.32 Å². The predicted molar refractivity (Wildman–Crippen MR) is 80.3 cm³/mol. The quantitative estimate of drug-likeness (QED) is 0.881. The SMILES string of the molecule is COc1ccc(C(C)NCc2cccs2)cc1Br. The standard InChI is InChI=1S/C14H16BrNOS/c1-10(16-9-12-4-3-7-18-12)11-5-6-14(17-2)13(15)8-11/h3-8,10,16H,9H2,1-2H3. The first-order valence-corrected chi connectivity index (χ1v) is 7.47. The van der Waals surface area contributed by atoms with Crippen LogP contribution < -0.4 is 10.1 Å². The van der Waals surface area contributed by atoms with Crippen LogP contribution in [0.25, 0.3) is 0 Å². The Labute approximate surface area is 120 Å². The Balaban J connectivity index is 2.00. The molecule has 0 aliphatic carbocycles. The number of methoxy groups -OCH3 is 1. The molecule has 0 aliphatic rings. The lowest BCUT2D eigenvalue weighted by Crippen LogP contribution is -2.17. The molecule has 0 radical (unpaired) electrons. The maximum atomic E-state index is 5.23. The van der Waals surface area contributed by atoms with Gasteiger partial charge in [0, 0.05) is 17.5 Å². The average molecular weight is 326 g/mol. The molecular weight excluding hydrogens is 310 g/mol. The van der Waals surface area contributed by atoms with E-state index in [1.807, 2.05) is 6.07 Å². The van der Waals surface area contributed by atoms with E-state index in [4.69, 9.17) is 4.74 Å². The molecule has 0 saturated heterocycles. The molecule has 18 heavy (non-hydrogen) atoms. The van der Waals surface area contributed by atoms with Crippen molar-refractivity contribution in [3.8, 4) is 5.75 Å². The number of halogens is 1. The zero-order valence-electron chi connectivity index (χ0n) is 10.4. The smallest absolute Gasteiger partial charge is 0.133 e. The zero-order chi connectivity index (χ0) is 13.0. The number of hydrogen-bond acceptors (Lipinski definition) is 3. The monoisotopic (exact) mass is 325 g/mol. The third-order valence-electron chi connectivity index (χ3n) is 2.84. The van der Waals surface area contributed by atoms with Crippen molar-refractivity contribution < 1.29 is 4.74 Å². The van der Waals surface area contributed by atoms with Gasteiger partial charge in [0.25, 0.3) is 0 Å². The van der Waals surface area contributed by atoms with Crippen LogP contribution in [0.15, 0.2) is 40.2 Å². The number of benzene rings is 1. The number of nitrogens with one attached hydrogen (secondary N) is 1. The summed E-state index contributed by atoms with van der Waals surface area (Å²) in [6, 6.07) is 10.7. The molecule has 0 fully saturated rings. The highest BCUT2D eigenvalue weighted by Crippen LogP contribution is 2.28. The lowest BCUT2D eigenvalue weighted by atomic mass is 10.1. The van der Waals surface area contributed by atoms with Crippen molar-refractivity contribution in [2.75, 3.05) is 7.11 Å². The first kappa shape index (κ1) is 13.6. The van der Waals surface area contributed by atoms with Gasteiger partial charge < -0.3 is 10.1 Å². The first-order chi connectivity index (χ1) is 8.70. The van der Waals surface area contributed by atoms with Gasteiger partial charge in [-0.25, -0.2) is 0 Å². The summed E-state index contributed by atoms with van der Waals surface area (Å²) in [5.74, 6) is 0.865. The molecule has 1 aromatic carbocycles. The number of rotatable bonds is 5. The van der Waals surface area contributed by atoms with Crippen LogP contribution in [-0.2, 0) is 6.54 Å². The van der Waals surface area contributed by atoms with Gasteiger partial charge in [0.1, 0.15) is 5.75 Å². The third-order valence-corrected chi connectivity index (χ3v) is 4.33. The van der Waals surface area contributed by atoms with Crippen molar-refractivity contribution in [3.63, 3.8) is 0 Å². The highest BCUT2D eigenvalue weighted by Gasteiger charge is 2.08. The molecule has 1 heterocycles. The Kier molecular flexibility index (Phi) is 4.80. The minimum Gasteiger partial charge on any atom is -0.496 e. The molecule has 0 aliphatic heterocycles. The van der Waals surface area contributed by atoms with Gasteiger partial charge >= 0.3 is 0 Å². The molecule has 2 rings (SSSR count). The Morgan fingerprint density at radius 2 is 2.22 bits per heavy atom. The third kappa shape index (κ3) is 3.34. The largest absolute Gasteiger partial charge is 0.496 e. The number of hydrogen-bond donors (Lipinski definition) is 1. The molecule has 96 valence electrons. The fraction of sp³-hybridized carbons (Fsp3) is 0.286. The van der Waals surface area contributed by atoms with Crippen LogP contribution in [0.5, 0.6) is 5.75 Å². The highest BCUT2D eigenvalue weighted by atomic mass is 79.9. The molecule has 2 aromatic rings. The Hall–Kier alpha value is -0.840. The first-order valence-electron chi connectivity index (χ1n) is 5.80. The van der Waals surface area contributed by atoms with Crippen molar-refractivity contribution >= 4 is 27.3 Å². The minimum absolute atomic E-state index is 0.314. The molecule has 0 saturated carbocycles. The van der Waals surface area contributed by atoms with Gasteiger partial charge in [-0.1, -0.05) is 12.1 Å². The van der Waals surface area contributed by atoms with Gasteiger partial charge in [0.15, 0.2) is 0 Å². The topological polar surface area (TPSA) is 21.3 Å². The molecule has 1 unspecified atom stereocenters. The summed E-state index contributed by atoms with van der Waals surface area (Å²) >= 11 is 5.29. The average Bonchev–Trinajstić information content (AvgIpc) is 2.89. The van der Waals surface area contributed by atoms with Crippen LogP contribution in [0.4, 0.5) is 0 Å². The van der Waals surface area contributed by atoms with E-state index in [1.165, 1.54) is 10.4 Å². The summed E-state index contributed by atoms with van der Waals surface area (Å²) in [7, 11) is 1.68. The second kappa shape index (κ2) is 6.36.